The Labute approximate surface area is 99.8 Å². The molecule has 0 saturated carbocycles. The zero-order chi connectivity index (χ0) is 12.5. The Bertz CT molecular complexity index is 423. The molecule has 7 heteroatoms. The van der Waals surface area contributed by atoms with E-state index in [1.54, 1.807) is 0 Å². The van der Waals surface area contributed by atoms with Crippen molar-refractivity contribution in [2.75, 3.05) is 0 Å². The molecule has 0 aliphatic carbocycles. The Morgan fingerprint density at radius 3 is 1.69 bits per heavy atom. The molecule has 0 spiro atoms. The van der Waals surface area contributed by atoms with Crippen LogP contribution in [0.15, 0.2) is 18.2 Å². The molecule has 5 nitrogen and oxygen atoms in total. The molecule has 0 amide bonds. The minimum absolute atomic E-state index is 0.0309. The number of rotatable bonds is 3. The number of aliphatic carboxylic acids is 2. The molecule has 1 rings (SSSR count). The van der Waals surface area contributed by atoms with Gasteiger partial charge in [-0.1, -0.05) is 23.2 Å². The Hall–Kier alpha value is -1.30. The van der Waals surface area contributed by atoms with Gasteiger partial charge in [-0.3, -0.25) is 0 Å². The fourth-order valence-corrected chi connectivity index (χ4v) is 1.63. The van der Waals surface area contributed by atoms with E-state index >= 15 is 0 Å². The van der Waals surface area contributed by atoms with Crippen LogP contribution in [-0.2, 0) is 15.2 Å². The number of carboxylic acids is 2. The molecule has 0 aliphatic rings. The quantitative estimate of drug-likeness (QED) is 0.717. The van der Waals surface area contributed by atoms with E-state index in [-0.39, 0.29) is 10.0 Å². The van der Waals surface area contributed by atoms with E-state index in [1.165, 1.54) is 6.07 Å². The van der Waals surface area contributed by atoms with Gasteiger partial charge in [-0.2, -0.15) is 0 Å². The number of benzene rings is 1. The molecule has 1 aromatic rings. The predicted molar refractivity (Wildman–Crippen MR) is 55.6 cm³/mol. The Balaban J connectivity index is 3.44. The summed E-state index contributed by atoms with van der Waals surface area (Å²) in [5, 5.41) is 27.1. The van der Waals surface area contributed by atoms with Gasteiger partial charge < -0.3 is 15.3 Å². The van der Waals surface area contributed by atoms with Crippen LogP contribution in [0, 0.1) is 0 Å². The highest BCUT2D eigenvalue weighted by Gasteiger charge is 2.47. The number of carbonyl (C=O) groups is 2. The summed E-state index contributed by atoms with van der Waals surface area (Å²) in [7, 11) is 0. The van der Waals surface area contributed by atoms with Crippen LogP contribution in [-0.4, -0.2) is 27.3 Å². The third kappa shape index (κ3) is 2.11. The summed E-state index contributed by atoms with van der Waals surface area (Å²) in [5.41, 5.74) is -3.47. The first-order chi connectivity index (χ1) is 7.28. The lowest BCUT2D eigenvalue weighted by molar-refractivity contribution is -0.177. The van der Waals surface area contributed by atoms with Gasteiger partial charge in [-0.25, -0.2) is 9.59 Å². The van der Waals surface area contributed by atoms with Crippen molar-refractivity contribution in [1.82, 2.24) is 0 Å². The predicted octanol–water partition coefficient (Wildman–Crippen LogP) is 1.35. The first-order valence-electron chi connectivity index (χ1n) is 3.94. The van der Waals surface area contributed by atoms with Gasteiger partial charge in [0, 0.05) is 15.6 Å². The van der Waals surface area contributed by atoms with Gasteiger partial charge in [0.1, 0.15) is 0 Å². The minimum Gasteiger partial charge on any atom is -0.478 e. The van der Waals surface area contributed by atoms with Gasteiger partial charge >= 0.3 is 11.9 Å². The lowest BCUT2D eigenvalue weighted by Gasteiger charge is -2.19. The van der Waals surface area contributed by atoms with Crippen molar-refractivity contribution >= 4 is 35.1 Å². The molecule has 0 heterocycles. The third-order valence-electron chi connectivity index (χ3n) is 1.90. The summed E-state index contributed by atoms with van der Waals surface area (Å²) in [6.07, 6.45) is 0. The second-order valence-corrected chi connectivity index (χ2v) is 3.85. The second-order valence-electron chi connectivity index (χ2n) is 2.98. The lowest BCUT2D eigenvalue weighted by Crippen LogP contribution is -2.43. The minimum atomic E-state index is -3.06. The third-order valence-corrected chi connectivity index (χ3v) is 2.34. The average Bonchev–Trinajstić information content (AvgIpc) is 2.14. The molecule has 0 unspecified atom stereocenters. The van der Waals surface area contributed by atoms with E-state index in [9.17, 15) is 14.7 Å². The van der Waals surface area contributed by atoms with E-state index in [2.05, 4.69) is 0 Å². The van der Waals surface area contributed by atoms with E-state index in [0.29, 0.717) is 0 Å². The van der Waals surface area contributed by atoms with Gasteiger partial charge in [0.15, 0.2) is 0 Å². The standard InChI is InChI=1S/C9H6Cl2O5/c10-5-1-4(2-6(11)3-5)9(16,7(12)13)8(14)15/h1-3,16H,(H,12,13)(H,14,15). The van der Waals surface area contributed by atoms with Crippen molar-refractivity contribution in [1.29, 1.82) is 0 Å². The second kappa shape index (κ2) is 4.29. The average molecular weight is 265 g/mol. The maximum Gasteiger partial charge on any atom is 0.352 e. The van der Waals surface area contributed by atoms with E-state index in [0.717, 1.165) is 12.1 Å². The smallest absolute Gasteiger partial charge is 0.352 e. The maximum absolute atomic E-state index is 10.8. The van der Waals surface area contributed by atoms with Crippen LogP contribution >= 0.6 is 23.2 Å². The van der Waals surface area contributed by atoms with Gasteiger partial charge in [0.05, 0.1) is 0 Å². The van der Waals surface area contributed by atoms with Crippen LogP contribution in [0.5, 0.6) is 0 Å². The molecule has 16 heavy (non-hydrogen) atoms. The SMILES string of the molecule is O=C(O)C(O)(C(=O)O)c1cc(Cl)cc(Cl)c1. The van der Waals surface area contributed by atoms with Gasteiger partial charge in [0.2, 0.25) is 0 Å². The Morgan fingerprint density at radius 2 is 1.38 bits per heavy atom. The largest absolute Gasteiger partial charge is 0.478 e. The van der Waals surface area contributed by atoms with Gasteiger partial charge in [-0.15, -0.1) is 0 Å². The fourth-order valence-electron chi connectivity index (χ4n) is 1.10. The highest BCUT2D eigenvalue weighted by molar-refractivity contribution is 6.34. The van der Waals surface area contributed by atoms with E-state index in [1.807, 2.05) is 0 Å². The van der Waals surface area contributed by atoms with Crippen LogP contribution in [0.3, 0.4) is 0 Å². The molecule has 0 radical (unpaired) electrons. The van der Waals surface area contributed by atoms with E-state index in [4.69, 9.17) is 33.4 Å². The van der Waals surface area contributed by atoms with Crippen molar-refractivity contribution in [3.05, 3.63) is 33.8 Å². The zero-order valence-electron chi connectivity index (χ0n) is 7.65. The van der Waals surface area contributed by atoms with Crippen molar-refractivity contribution < 1.29 is 24.9 Å². The molecule has 0 atom stereocenters. The maximum atomic E-state index is 10.8. The highest BCUT2D eigenvalue weighted by Crippen LogP contribution is 2.28. The van der Waals surface area contributed by atoms with E-state index < -0.39 is 23.1 Å². The van der Waals surface area contributed by atoms with Crippen molar-refractivity contribution in [3.8, 4) is 0 Å². The van der Waals surface area contributed by atoms with Crippen LogP contribution in [0.2, 0.25) is 10.0 Å². The molecule has 0 aliphatic heterocycles. The fraction of sp³-hybridized carbons (Fsp3) is 0.111. The normalized spacial score (nSPS) is 11.2. The molecule has 0 aromatic heterocycles. The van der Waals surface area contributed by atoms with Gasteiger partial charge in [0.25, 0.3) is 5.60 Å². The topological polar surface area (TPSA) is 94.8 Å². The summed E-state index contributed by atoms with van der Waals surface area (Å²) < 4.78 is 0. The van der Waals surface area contributed by atoms with Crippen molar-refractivity contribution in [2.24, 2.45) is 0 Å². The number of aliphatic hydroxyl groups is 1. The van der Waals surface area contributed by atoms with Crippen LogP contribution < -0.4 is 0 Å². The molecule has 1 aromatic carbocycles. The number of halogens is 2. The summed E-state index contributed by atoms with van der Waals surface area (Å²) in [6, 6.07) is 3.34. The van der Waals surface area contributed by atoms with Crippen molar-refractivity contribution in [2.45, 2.75) is 5.60 Å². The molecule has 0 bridgehead atoms. The number of hydrogen-bond acceptors (Lipinski definition) is 3. The number of hydrogen-bond donors (Lipinski definition) is 3. The molecule has 0 fully saturated rings. The Morgan fingerprint density at radius 1 is 1.00 bits per heavy atom. The zero-order valence-corrected chi connectivity index (χ0v) is 9.16. The Kier molecular flexibility index (Phi) is 3.42. The molecular weight excluding hydrogens is 259 g/mol. The molecular formula is C9H6Cl2O5. The lowest BCUT2D eigenvalue weighted by atomic mass is 9.94. The summed E-state index contributed by atoms with van der Waals surface area (Å²) in [4.78, 5) is 21.5. The van der Waals surface area contributed by atoms with Gasteiger partial charge in [-0.05, 0) is 18.2 Å². The van der Waals surface area contributed by atoms with Crippen molar-refractivity contribution in [3.63, 3.8) is 0 Å². The summed E-state index contributed by atoms with van der Waals surface area (Å²) in [5.74, 6) is -3.84. The summed E-state index contributed by atoms with van der Waals surface area (Å²) in [6.45, 7) is 0. The molecule has 86 valence electrons. The molecule has 3 N–H and O–H groups in total. The number of carboxylic acid groups (broad SMARTS) is 2. The monoisotopic (exact) mass is 264 g/mol. The van der Waals surface area contributed by atoms with Crippen LogP contribution in [0.4, 0.5) is 0 Å². The highest BCUT2D eigenvalue weighted by atomic mass is 35.5. The van der Waals surface area contributed by atoms with Crippen LogP contribution in [0.1, 0.15) is 5.56 Å². The first-order valence-corrected chi connectivity index (χ1v) is 4.70. The molecule has 0 saturated heterocycles. The first kappa shape index (κ1) is 12.8. The summed E-state index contributed by atoms with van der Waals surface area (Å²) >= 11 is 11.2. The van der Waals surface area contributed by atoms with Crippen LogP contribution in [0.25, 0.3) is 0 Å².